The first kappa shape index (κ1) is 15.8. The van der Waals surface area contributed by atoms with Gasteiger partial charge in [0.05, 0.1) is 17.7 Å². The van der Waals surface area contributed by atoms with Gasteiger partial charge in [0.15, 0.2) is 6.61 Å². The number of halogens is 2. The normalized spacial score (nSPS) is 10.3. The van der Waals surface area contributed by atoms with Gasteiger partial charge in [0.25, 0.3) is 0 Å². The van der Waals surface area contributed by atoms with Gasteiger partial charge in [0.2, 0.25) is 5.78 Å². The summed E-state index contributed by atoms with van der Waals surface area (Å²) < 4.78 is 31.2. The molecule has 0 aromatic heterocycles. The second-order valence-electron chi connectivity index (χ2n) is 4.48. The monoisotopic (exact) mass is 306 g/mol. The van der Waals surface area contributed by atoms with Gasteiger partial charge in [-0.25, -0.2) is 13.6 Å². The van der Waals surface area contributed by atoms with E-state index in [0.29, 0.717) is 5.56 Å². The minimum Gasteiger partial charge on any atom is -0.454 e. The molecule has 0 fully saturated rings. The van der Waals surface area contributed by atoms with Crippen molar-refractivity contribution in [2.24, 2.45) is 0 Å². The van der Waals surface area contributed by atoms with Gasteiger partial charge >= 0.3 is 5.97 Å². The van der Waals surface area contributed by atoms with E-state index in [-0.39, 0.29) is 12.2 Å². The van der Waals surface area contributed by atoms with Gasteiger partial charge in [-0.05, 0) is 35.9 Å². The van der Waals surface area contributed by atoms with Gasteiger partial charge in [-0.2, -0.15) is 0 Å². The largest absolute Gasteiger partial charge is 0.454 e. The maximum Gasteiger partial charge on any atom is 0.338 e. The molecule has 0 saturated heterocycles. The third-order valence-electron chi connectivity index (χ3n) is 2.94. The van der Waals surface area contributed by atoms with E-state index in [9.17, 15) is 18.4 Å². The standard InChI is InChI=1S/C16H12F2O4/c17-12-5-6-14(18)13(7-12)15(20)9-22-16(21)11-3-1-10(8-19)2-4-11/h1-7,19H,8-9H2. The summed E-state index contributed by atoms with van der Waals surface area (Å²) in [6, 6.07) is 8.40. The van der Waals surface area contributed by atoms with Crippen molar-refractivity contribution in [2.45, 2.75) is 6.61 Å². The Hall–Kier alpha value is -2.60. The zero-order valence-electron chi connectivity index (χ0n) is 11.4. The number of carbonyl (C=O) groups excluding carboxylic acids is 2. The van der Waals surface area contributed by atoms with Gasteiger partial charge in [-0.15, -0.1) is 0 Å². The molecule has 0 aliphatic heterocycles. The molecule has 22 heavy (non-hydrogen) atoms. The Balaban J connectivity index is 2.00. The van der Waals surface area contributed by atoms with Crippen molar-refractivity contribution in [1.82, 2.24) is 0 Å². The highest BCUT2D eigenvalue weighted by atomic mass is 19.1. The van der Waals surface area contributed by atoms with Gasteiger partial charge < -0.3 is 9.84 Å². The number of ketones is 1. The van der Waals surface area contributed by atoms with Crippen molar-refractivity contribution in [3.8, 4) is 0 Å². The number of rotatable bonds is 5. The van der Waals surface area contributed by atoms with Crippen molar-refractivity contribution in [3.05, 3.63) is 70.8 Å². The van der Waals surface area contributed by atoms with E-state index in [1.165, 1.54) is 24.3 Å². The van der Waals surface area contributed by atoms with E-state index in [0.717, 1.165) is 18.2 Å². The van der Waals surface area contributed by atoms with E-state index in [1.54, 1.807) is 0 Å². The predicted octanol–water partition coefficient (Wildman–Crippen LogP) is 2.50. The molecule has 0 bridgehead atoms. The molecule has 0 heterocycles. The zero-order valence-corrected chi connectivity index (χ0v) is 11.4. The molecular formula is C16H12F2O4. The predicted molar refractivity (Wildman–Crippen MR) is 73.3 cm³/mol. The number of hydrogen-bond acceptors (Lipinski definition) is 4. The minimum absolute atomic E-state index is 0.160. The van der Waals surface area contributed by atoms with E-state index >= 15 is 0 Å². The molecule has 0 aliphatic carbocycles. The van der Waals surface area contributed by atoms with Gasteiger partial charge in [-0.3, -0.25) is 4.79 Å². The van der Waals surface area contributed by atoms with Gasteiger partial charge in [0.1, 0.15) is 11.6 Å². The highest BCUT2D eigenvalue weighted by Gasteiger charge is 2.16. The molecule has 0 aliphatic rings. The van der Waals surface area contributed by atoms with E-state index in [1.807, 2.05) is 0 Å². The second kappa shape index (κ2) is 6.91. The van der Waals surface area contributed by atoms with Crippen LogP contribution < -0.4 is 0 Å². The fraction of sp³-hybridized carbons (Fsp3) is 0.125. The Morgan fingerprint density at radius 2 is 1.73 bits per heavy atom. The lowest BCUT2D eigenvalue weighted by Gasteiger charge is -2.06. The fourth-order valence-corrected chi connectivity index (χ4v) is 1.75. The summed E-state index contributed by atoms with van der Waals surface area (Å²) in [5, 5.41) is 8.89. The second-order valence-corrected chi connectivity index (χ2v) is 4.48. The number of aliphatic hydroxyl groups excluding tert-OH is 1. The Labute approximate surface area is 125 Å². The molecule has 0 radical (unpaired) electrons. The third-order valence-corrected chi connectivity index (χ3v) is 2.94. The lowest BCUT2D eigenvalue weighted by atomic mass is 10.1. The fourth-order valence-electron chi connectivity index (χ4n) is 1.75. The summed E-state index contributed by atoms with van der Waals surface area (Å²) in [4.78, 5) is 23.5. The van der Waals surface area contributed by atoms with Crippen LogP contribution in [0.15, 0.2) is 42.5 Å². The first-order valence-corrected chi connectivity index (χ1v) is 6.36. The van der Waals surface area contributed by atoms with E-state index in [4.69, 9.17) is 9.84 Å². The Morgan fingerprint density at radius 1 is 1.05 bits per heavy atom. The van der Waals surface area contributed by atoms with Crippen LogP contribution in [0.5, 0.6) is 0 Å². The van der Waals surface area contributed by atoms with Gasteiger partial charge in [0, 0.05) is 0 Å². The first-order chi connectivity index (χ1) is 10.5. The number of benzene rings is 2. The molecule has 6 heteroatoms. The summed E-state index contributed by atoms with van der Waals surface area (Å²) >= 11 is 0. The maximum atomic E-state index is 13.4. The summed E-state index contributed by atoms with van der Waals surface area (Å²) in [7, 11) is 0. The van der Waals surface area contributed by atoms with Crippen LogP contribution in [0.25, 0.3) is 0 Å². The zero-order chi connectivity index (χ0) is 16.1. The molecule has 0 saturated carbocycles. The number of hydrogen-bond donors (Lipinski definition) is 1. The highest BCUT2D eigenvalue weighted by Crippen LogP contribution is 2.11. The molecule has 2 aromatic carbocycles. The van der Waals surface area contributed by atoms with Crippen LogP contribution in [0.2, 0.25) is 0 Å². The van der Waals surface area contributed by atoms with Crippen LogP contribution in [-0.4, -0.2) is 23.5 Å². The molecular weight excluding hydrogens is 294 g/mol. The average molecular weight is 306 g/mol. The lowest BCUT2D eigenvalue weighted by Crippen LogP contribution is -2.15. The van der Waals surface area contributed by atoms with Gasteiger partial charge in [-0.1, -0.05) is 12.1 Å². The van der Waals surface area contributed by atoms with Crippen molar-refractivity contribution >= 4 is 11.8 Å². The number of ether oxygens (including phenoxy) is 1. The molecule has 1 N–H and O–H groups in total. The molecule has 0 unspecified atom stereocenters. The van der Waals surface area contributed by atoms with E-state index in [2.05, 4.69) is 0 Å². The number of aliphatic hydroxyl groups is 1. The summed E-state index contributed by atoms with van der Waals surface area (Å²) in [5.41, 5.74) is 0.336. The number of carbonyl (C=O) groups is 2. The Bertz CT molecular complexity index is 696. The average Bonchev–Trinajstić information content (AvgIpc) is 2.54. The van der Waals surface area contributed by atoms with Crippen molar-refractivity contribution < 1.29 is 28.2 Å². The van der Waals surface area contributed by atoms with E-state index < -0.39 is 35.6 Å². The van der Waals surface area contributed by atoms with Crippen LogP contribution in [0.4, 0.5) is 8.78 Å². The topological polar surface area (TPSA) is 63.6 Å². The minimum atomic E-state index is -0.880. The van der Waals surface area contributed by atoms with Crippen LogP contribution in [-0.2, 0) is 11.3 Å². The van der Waals surface area contributed by atoms with Crippen molar-refractivity contribution in [3.63, 3.8) is 0 Å². The molecule has 114 valence electrons. The SMILES string of the molecule is O=C(OCC(=O)c1cc(F)ccc1F)c1ccc(CO)cc1. The third kappa shape index (κ3) is 3.73. The van der Waals surface area contributed by atoms with Crippen LogP contribution >= 0.6 is 0 Å². The van der Waals surface area contributed by atoms with Crippen molar-refractivity contribution in [1.29, 1.82) is 0 Å². The van der Waals surface area contributed by atoms with Crippen LogP contribution in [0.1, 0.15) is 26.3 Å². The Morgan fingerprint density at radius 3 is 2.36 bits per heavy atom. The number of Topliss-reactive ketones (excluding diaryl/α,β-unsaturated/α-hetero) is 1. The number of esters is 1. The highest BCUT2D eigenvalue weighted by molar-refractivity contribution is 5.99. The molecule has 2 aromatic rings. The summed E-state index contributed by atoms with van der Waals surface area (Å²) in [5.74, 6) is -3.24. The summed E-state index contributed by atoms with van der Waals surface area (Å²) in [6.07, 6.45) is 0. The summed E-state index contributed by atoms with van der Waals surface area (Å²) in [6.45, 7) is -0.854. The molecule has 0 atom stereocenters. The first-order valence-electron chi connectivity index (χ1n) is 6.36. The van der Waals surface area contributed by atoms with Crippen LogP contribution in [0, 0.1) is 11.6 Å². The maximum absolute atomic E-state index is 13.4. The Kier molecular flexibility index (Phi) is 4.95. The lowest BCUT2D eigenvalue weighted by molar-refractivity contribution is 0.0473. The molecule has 0 amide bonds. The molecule has 2 rings (SSSR count). The molecule has 0 spiro atoms. The van der Waals surface area contributed by atoms with Crippen molar-refractivity contribution in [2.75, 3.05) is 6.61 Å². The smallest absolute Gasteiger partial charge is 0.338 e. The quantitative estimate of drug-likeness (QED) is 0.681. The molecule has 4 nitrogen and oxygen atoms in total. The van der Waals surface area contributed by atoms with Crippen LogP contribution in [0.3, 0.4) is 0 Å².